The maximum absolute atomic E-state index is 14.1. The van der Waals surface area contributed by atoms with Crippen LogP contribution in [-0.4, -0.2) is 51.8 Å². The van der Waals surface area contributed by atoms with Gasteiger partial charge in [0, 0.05) is 29.9 Å². The number of amides is 2. The van der Waals surface area contributed by atoms with Crippen LogP contribution in [0.15, 0.2) is 83.6 Å². The lowest BCUT2D eigenvalue weighted by Gasteiger charge is -2.35. The summed E-state index contributed by atoms with van der Waals surface area (Å²) in [6.07, 6.45) is 3.48. The Kier molecular flexibility index (Phi) is 11.6. The van der Waals surface area contributed by atoms with Crippen molar-refractivity contribution in [2.24, 2.45) is 0 Å². The number of aromatic nitrogens is 6. The van der Waals surface area contributed by atoms with Crippen molar-refractivity contribution >= 4 is 110 Å². The van der Waals surface area contributed by atoms with Crippen molar-refractivity contribution in [3.05, 3.63) is 137 Å². The number of benzene rings is 4. The van der Waals surface area contributed by atoms with Gasteiger partial charge < -0.3 is 0 Å². The van der Waals surface area contributed by atoms with Gasteiger partial charge in [-0.3, -0.25) is 9.59 Å². The van der Waals surface area contributed by atoms with Crippen LogP contribution in [0.2, 0.25) is 20.1 Å². The summed E-state index contributed by atoms with van der Waals surface area (Å²) in [6, 6.07) is 19.4. The third kappa shape index (κ3) is 7.59. The van der Waals surface area contributed by atoms with E-state index in [4.69, 9.17) is 46.4 Å². The van der Waals surface area contributed by atoms with Crippen LogP contribution < -0.4 is 0 Å². The molecule has 0 atom stereocenters. The molecule has 0 aliphatic carbocycles. The molecule has 17 heteroatoms. The fraction of sp³-hybridized carbons (Fsp3) is 0.125. The van der Waals surface area contributed by atoms with Crippen molar-refractivity contribution in [2.75, 3.05) is 0 Å². The first kappa shape index (κ1) is 37.0. The Morgan fingerprint density at radius 2 is 1.18 bits per heavy atom. The molecule has 1 aliphatic heterocycles. The summed E-state index contributed by atoms with van der Waals surface area (Å²) in [5.74, 6) is -0.932. The Balaban J connectivity index is 0.00000234. The molecule has 49 heavy (non-hydrogen) atoms. The summed E-state index contributed by atoms with van der Waals surface area (Å²) in [6.45, 7) is 0.805. The molecule has 2 aromatic heterocycles. The summed E-state index contributed by atoms with van der Waals surface area (Å²) in [4.78, 5) is 28.2. The quantitative estimate of drug-likeness (QED) is 0.135. The standard InChI is InChI=1S/C32H21BrCl4N8O2.2ClH/c33-27-9-8-26-30-24(27)2-1-3-25(30)31(46)45(32(26)47)44(16-22-14-42(40-38-22)12-18-4-6-20(34)10-28(18)36)17-23-15-43(41-39-23)13-19-5-7-21(35)11-29(19)37;;/h1-11,14-15H,12-13,16-17H2;2*1H. The first-order valence-electron chi connectivity index (χ1n) is 14.2. The zero-order valence-electron chi connectivity index (χ0n) is 24.9. The second-order valence-corrected chi connectivity index (χ2v) is 13.4. The highest BCUT2D eigenvalue weighted by molar-refractivity contribution is 9.10. The van der Waals surface area contributed by atoms with E-state index in [0.717, 1.165) is 26.0 Å². The number of halogens is 7. The summed E-state index contributed by atoms with van der Waals surface area (Å²) >= 11 is 28.4. The molecule has 3 heterocycles. The zero-order chi connectivity index (χ0) is 32.8. The molecular weight excluding hydrogens is 821 g/mol. The zero-order valence-corrected chi connectivity index (χ0v) is 31.2. The number of hydrogen-bond donors (Lipinski definition) is 0. The van der Waals surface area contributed by atoms with Crippen LogP contribution in [0, 0.1) is 0 Å². The molecule has 4 aromatic carbocycles. The summed E-state index contributed by atoms with van der Waals surface area (Å²) in [5, 5.41) is 23.4. The molecular formula is C32H23BrCl6N8O2. The van der Waals surface area contributed by atoms with Gasteiger partial charge in [0.1, 0.15) is 0 Å². The maximum Gasteiger partial charge on any atom is 0.276 e. The largest absolute Gasteiger partial charge is 0.276 e. The predicted molar refractivity (Wildman–Crippen MR) is 197 cm³/mol. The number of hydrazine groups is 1. The van der Waals surface area contributed by atoms with Crippen LogP contribution in [-0.2, 0) is 26.2 Å². The average molecular weight is 844 g/mol. The van der Waals surface area contributed by atoms with Gasteiger partial charge in [-0.25, -0.2) is 14.4 Å². The molecule has 1 aliphatic rings. The van der Waals surface area contributed by atoms with E-state index in [1.54, 1.807) is 75.3 Å². The van der Waals surface area contributed by atoms with E-state index in [1.165, 1.54) is 0 Å². The molecule has 0 bridgehead atoms. The van der Waals surface area contributed by atoms with Gasteiger partial charge in [0.25, 0.3) is 11.8 Å². The minimum Gasteiger partial charge on any atom is -0.267 e. The number of rotatable bonds is 9. The highest BCUT2D eigenvalue weighted by atomic mass is 79.9. The summed E-state index contributed by atoms with van der Waals surface area (Å²) in [5.41, 5.74) is 3.45. The van der Waals surface area contributed by atoms with Gasteiger partial charge in [-0.2, -0.15) is 5.01 Å². The molecule has 2 amide bonds. The van der Waals surface area contributed by atoms with E-state index in [1.807, 2.05) is 18.2 Å². The number of carbonyl (C=O) groups excluding carboxylic acids is 2. The molecule has 6 aromatic rings. The van der Waals surface area contributed by atoms with Gasteiger partial charge in [-0.15, -0.1) is 35.0 Å². The smallest absolute Gasteiger partial charge is 0.267 e. The number of nitrogens with zero attached hydrogens (tertiary/aromatic N) is 8. The lowest BCUT2D eigenvalue weighted by Crippen LogP contribution is -2.51. The molecule has 0 saturated carbocycles. The lowest BCUT2D eigenvalue weighted by atomic mass is 9.95. The Labute approximate surface area is 320 Å². The van der Waals surface area contributed by atoms with Crippen molar-refractivity contribution in [3.8, 4) is 0 Å². The Morgan fingerprint density at radius 1 is 0.673 bits per heavy atom. The highest BCUT2D eigenvalue weighted by Crippen LogP contribution is 2.35. The van der Waals surface area contributed by atoms with Gasteiger partial charge in [-0.1, -0.05) is 97.0 Å². The molecule has 7 rings (SSSR count). The molecule has 0 saturated heterocycles. The van der Waals surface area contributed by atoms with Crippen LogP contribution in [0.3, 0.4) is 0 Å². The van der Waals surface area contributed by atoms with Gasteiger partial charge in [0.15, 0.2) is 0 Å². The van der Waals surface area contributed by atoms with Crippen molar-refractivity contribution in [2.45, 2.75) is 26.2 Å². The molecule has 0 radical (unpaired) electrons. The van der Waals surface area contributed by atoms with Gasteiger partial charge in [0.2, 0.25) is 0 Å². The van der Waals surface area contributed by atoms with Gasteiger partial charge in [-0.05, 0) is 59.0 Å². The van der Waals surface area contributed by atoms with Crippen LogP contribution in [0.1, 0.15) is 43.2 Å². The Morgan fingerprint density at radius 3 is 1.69 bits per heavy atom. The van der Waals surface area contributed by atoms with Crippen molar-refractivity contribution in [1.82, 2.24) is 40.0 Å². The third-order valence-corrected chi connectivity index (χ3v) is 9.54. The van der Waals surface area contributed by atoms with E-state index in [9.17, 15) is 9.59 Å². The van der Waals surface area contributed by atoms with Gasteiger partial charge >= 0.3 is 0 Å². The first-order chi connectivity index (χ1) is 22.6. The Bertz CT molecular complexity index is 2090. The van der Waals surface area contributed by atoms with E-state index in [-0.39, 0.29) is 37.9 Å². The van der Waals surface area contributed by atoms with Crippen molar-refractivity contribution < 1.29 is 9.59 Å². The SMILES string of the molecule is Cl.Cl.O=C1c2cccc3c(Br)ccc(c23)C(=O)N1N(Cc1cn(Cc2ccc(Cl)cc2Cl)nn1)Cc1cn(Cc2ccc(Cl)cc2Cl)nn1. The normalized spacial score (nSPS) is 12.4. The van der Waals surface area contributed by atoms with Crippen LogP contribution in [0.4, 0.5) is 0 Å². The van der Waals surface area contributed by atoms with E-state index >= 15 is 0 Å². The number of imide groups is 1. The topological polar surface area (TPSA) is 102 Å². The molecule has 0 spiro atoms. The average Bonchev–Trinajstić information content (AvgIpc) is 3.68. The molecule has 0 unspecified atom stereocenters. The molecule has 10 nitrogen and oxygen atoms in total. The summed E-state index contributed by atoms with van der Waals surface area (Å²) in [7, 11) is 0. The lowest BCUT2D eigenvalue weighted by molar-refractivity contribution is -0.0130. The highest BCUT2D eigenvalue weighted by Gasteiger charge is 2.38. The minimum absolute atomic E-state index is 0. The maximum atomic E-state index is 14.1. The molecule has 0 N–H and O–H groups in total. The number of carbonyl (C=O) groups is 2. The first-order valence-corrected chi connectivity index (χ1v) is 16.5. The molecule has 0 fully saturated rings. The fourth-order valence-corrected chi connectivity index (χ4v) is 6.90. The van der Waals surface area contributed by atoms with Crippen LogP contribution >= 0.6 is 87.1 Å². The van der Waals surface area contributed by atoms with E-state index in [0.29, 0.717) is 61.1 Å². The number of hydrogen-bond acceptors (Lipinski definition) is 7. The van der Waals surface area contributed by atoms with Crippen molar-refractivity contribution in [1.29, 1.82) is 0 Å². The van der Waals surface area contributed by atoms with Gasteiger partial charge in [0.05, 0.1) is 61.1 Å². The minimum atomic E-state index is -0.466. The fourth-order valence-electron chi connectivity index (χ4n) is 5.50. The third-order valence-electron chi connectivity index (χ3n) is 7.67. The monoisotopic (exact) mass is 840 g/mol. The molecule has 252 valence electrons. The summed E-state index contributed by atoms with van der Waals surface area (Å²) < 4.78 is 4.04. The predicted octanol–water partition coefficient (Wildman–Crippen LogP) is 8.55. The van der Waals surface area contributed by atoms with Crippen LogP contribution in [0.5, 0.6) is 0 Å². The second-order valence-electron chi connectivity index (χ2n) is 10.9. The second kappa shape index (κ2) is 15.3. The Hall–Kier alpha value is -3.26. The van der Waals surface area contributed by atoms with E-state index in [2.05, 4.69) is 36.6 Å². The van der Waals surface area contributed by atoms with Crippen molar-refractivity contribution in [3.63, 3.8) is 0 Å². The van der Waals surface area contributed by atoms with Crippen LogP contribution in [0.25, 0.3) is 10.8 Å². The van der Waals surface area contributed by atoms with E-state index < -0.39 is 11.8 Å².